The Labute approximate surface area is 149 Å². The summed E-state index contributed by atoms with van der Waals surface area (Å²) in [5.41, 5.74) is 2.62. The van der Waals surface area contributed by atoms with Crippen molar-refractivity contribution in [2.45, 2.75) is 91.6 Å². The molecule has 0 aromatic carbocycles. The van der Waals surface area contributed by atoms with Gasteiger partial charge in [-0.05, 0) is 91.8 Å². The van der Waals surface area contributed by atoms with E-state index < -0.39 is 0 Å². The Morgan fingerprint density at radius 1 is 1.12 bits per heavy atom. The first kappa shape index (κ1) is 17.1. The summed E-state index contributed by atoms with van der Waals surface area (Å²) in [6.45, 7) is 10.1. The average Bonchev–Trinajstić information content (AvgIpc) is 2.92. The minimum absolute atomic E-state index is 0.0732. The molecule has 0 saturated heterocycles. The predicted molar refractivity (Wildman–Crippen MR) is 101 cm³/mol. The summed E-state index contributed by atoms with van der Waals surface area (Å²) in [6.07, 6.45) is 14.2. The SMILES string of the molecule is CC[C@@H](C)[C@H]1CC[C@H]2[C@@H]3CC=C4C[C@@H](O)CC[C@]4(C)[C@H]3CC[C@]12C. The average molecular weight is 331 g/mol. The summed E-state index contributed by atoms with van der Waals surface area (Å²) in [4.78, 5) is 0. The van der Waals surface area contributed by atoms with Gasteiger partial charge < -0.3 is 5.11 Å². The summed E-state index contributed by atoms with van der Waals surface area (Å²) < 4.78 is 0. The van der Waals surface area contributed by atoms with Crippen LogP contribution < -0.4 is 0 Å². The lowest BCUT2D eigenvalue weighted by atomic mass is 9.47. The van der Waals surface area contributed by atoms with Gasteiger partial charge >= 0.3 is 0 Å². The van der Waals surface area contributed by atoms with Crippen LogP contribution in [0.4, 0.5) is 0 Å². The van der Waals surface area contributed by atoms with Gasteiger partial charge in [0.25, 0.3) is 0 Å². The van der Waals surface area contributed by atoms with Crippen LogP contribution in [-0.4, -0.2) is 11.2 Å². The smallest absolute Gasteiger partial charge is 0.0577 e. The maximum atomic E-state index is 10.1. The van der Waals surface area contributed by atoms with Crippen LogP contribution >= 0.6 is 0 Å². The van der Waals surface area contributed by atoms with E-state index in [1.54, 1.807) is 5.57 Å². The minimum Gasteiger partial charge on any atom is -0.393 e. The van der Waals surface area contributed by atoms with Crippen LogP contribution in [0.25, 0.3) is 0 Å². The van der Waals surface area contributed by atoms with Crippen molar-refractivity contribution in [3.63, 3.8) is 0 Å². The van der Waals surface area contributed by atoms with Gasteiger partial charge in [-0.25, -0.2) is 0 Å². The van der Waals surface area contributed by atoms with E-state index in [0.29, 0.717) is 10.8 Å². The quantitative estimate of drug-likeness (QED) is 0.618. The van der Waals surface area contributed by atoms with Crippen molar-refractivity contribution in [1.82, 2.24) is 0 Å². The van der Waals surface area contributed by atoms with Crippen LogP contribution in [-0.2, 0) is 0 Å². The minimum atomic E-state index is -0.0732. The molecule has 4 aliphatic carbocycles. The summed E-state index contributed by atoms with van der Waals surface area (Å²) in [5, 5.41) is 10.1. The molecule has 1 heteroatoms. The number of hydrogen-bond donors (Lipinski definition) is 1. The molecule has 1 nitrogen and oxygen atoms in total. The van der Waals surface area contributed by atoms with Crippen molar-refractivity contribution in [3.05, 3.63) is 11.6 Å². The van der Waals surface area contributed by atoms with E-state index in [-0.39, 0.29) is 6.10 Å². The van der Waals surface area contributed by atoms with E-state index in [9.17, 15) is 5.11 Å². The Kier molecular flexibility index (Phi) is 4.18. The third-order valence-electron chi connectivity index (χ3n) is 9.48. The standard InChI is InChI=1S/C23H38O/c1-5-15(2)19-8-9-20-18-7-6-16-14-17(24)10-12-22(16,3)21(18)11-13-23(19,20)4/h6,15,17-21,24H,5,7-14H2,1-4H3/t15-,17+,18+,19-,20+,21+,22+,23-/m1/s1. The van der Waals surface area contributed by atoms with Gasteiger partial charge in [0.15, 0.2) is 0 Å². The Hall–Kier alpha value is -0.300. The fourth-order valence-corrected chi connectivity index (χ4v) is 7.90. The molecule has 4 rings (SSSR count). The van der Waals surface area contributed by atoms with Gasteiger partial charge in [-0.1, -0.05) is 45.8 Å². The van der Waals surface area contributed by atoms with E-state index in [4.69, 9.17) is 0 Å². The van der Waals surface area contributed by atoms with E-state index in [1.807, 2.05) is 0 Å². The molecule has 0 bridgehead atoms. The Bertz CT molecular complexity index is 522. The van der Waals surface area contributed by atoms with Crippen LogP contribution in [0.2, 0.25) is 0 Å². The van der Waals surface area contributed by atoms with Crippen molar-refractivity contribution in [2.24, 2.45) is 40.4 Å². The van der Waals surface area contributed by atoms with Gasteiger partial charge in [0, 0.05) is 0 Å². The molecule has 0 radical (unpaired) electrons. The molecule has 24 heavy (non-hydrogen) atoms. The lowest BCUT2D eigenvalue weighted by Gasteiger charge is -2.58. The molecule has 0 aromatic rings. The summed E-state index contributed by atoms with van der Waals surface area (Å²) in [5.74, 6) is 4.61. The topological polar surface area (TPSA) is 20.2 Å². The molecule has 0 aromatic heterocycles. The molecule has 0 spiro atoms. The second kappa shape index (κ2) is 5.86. The molecule has 3 saturated carbocycles. The molecule has 0 unspecified atom stereocenters. The van der Waals surface area contributed by atoms with Crippen LogP contribution in [0.5, 0.6) is 0 Å². The number of aliphatic hydroxyl groups is 1. The normalized spacial score (nSPS) is 52.0. The van der Waals surface area contributed by atoms with Gasteiger partial charge in [0.1, 0.15) is 0 Å². The molecular formula is C23H38O. The summed E-state index contributed by atoms with van der Waals surface area (Å²) in [6, 6.07) is 0. The van der Waals surface area contributed by atoms with Crippen molar-refractivity contribution in [3.8, 4) is 0 Å². The molecule has 1 N–H and O–H groups in total. The van der Waals surface area contributed by atoms with Crippen LogP contribution in [0, 0.1) is 40.4 Å². The third-order valence-corrected chi connectivity index (χ3v) is 9.48. The number of allylic oxidation sites excluding steroid dienone is 1. The van der Waals surface area contributed by atoms with Crippen LogP contribution in [0.1, 0.15) is 85.5 Å². The lowest BCUT2D eigenvalue weighted by Crippen LogP contribution is -2.50. The predicted octanol–water partition coefficient (Wildman–Crippen LogP) is 5.97. The largest absolute Gasteiger partial charge is 0.393 e. The fourth-order valence-electron chi connectivity index (χ4n) is 7.90. The molecule has 0 aliphatic heterocycles. The van der Waals surface area contributed by atoms with E-state index in [2.05, 4.69) is 33.8 Å². The van der Waals surface area contributed by atoms with Crippen molar-refractivity contribution < 1.29 is 5.11 Å². The molecule has 3 fully saturated rings. The number of fused-ring (bicyclic) bond motifs is 5. The molecule has 4 aliphatic rings. The van der Waals surface area contributed by atoms with Crippen LogP contribution in [0.3, 0.4) is 0 Å². The zero-order valence-corrected chi connectivity index (χ0v) is 16.4. The zero-order chi connectivity index (χ0) is 17.1. The highest BCUT2D eigenvalue weighted by molar-refractivity contribution is 5.25. The van der Waals surface area contributed by atoms with Gasteiger partial charge in [0.05, 0.1) is 6.10 Å². The Balaban J connectivity index is 1.63. The number of aliphatic hydroxyl groups excluding tert-OH is 1. The summed E-state index contributed by atoms with van der Waals surface area (Å²) >= 11 is 0. The van der Waals surface area contributed by atoms with Gasteiger partial charge in [-0.3, -0.25) is 0 Å². The maximum Gasteiger partial charge on any atom is 0.0577 e. The third kappa shape index (κ3) is 2.29. The number of hydrogen-bond acceptors (Lipinski definition) is 1. The van der Waals surface area contributed by atoms with Crippen molar-refractivity contribution >= 4 is 0 Å². The van der Waals surface area contributed by atoms with Gasteiger partial charge in [0.2, 0.25) is 0 Å². The molecule has 0 heterocycles. The Morgan fingerprint density at radius 2 is 1.92 bits per heavy atom. The number of rotatable bonds is 2. The highest BCUT2D eigenvalue weighted by Crippen LogP contribution is 2.67. The first-order valence-corrected chi connectivity index (χ1v) is 10.8. The summed E-state index contributed by atoms with van der Waals surface area (Å²) in [7, 11) is 0. The zero-order valence-electron chi connectivity index (χ0n) is 16.4. The maximum absolute atomic E-state index is 10.1. The van der Waals surface area contributed by atoms with Crippen molar-refractivity contribution in [2.75, 3.05) is 0 Å². The van der Waals surface area contributed by atoms with Crippen LogP contribution in [0.15, 0.2) is 11.6 Å². The van der Waals surface area contributed by atoms with E-state index in [0.717, 1.165) is 42.4 Å². The van der Waals surface area contributed by atoms with Gasteiger partial charge in [-0.15, -0.1) is 0 Å². The highest BCUT2D eigenvalue weighted by Gasteiger charge is 2.58. The van der Waals surface area contributed by atoms with E-state index in [1.165, 1.54) is 44.9 Å². The van der Waals surface area contributed by atoms with E-state index >= 15 is 0 Å². The lowest BCUT2D eigenvalue weighted by molar-refractivity contribution is -0.0568. The fraction of sp³-hybridized carbons (Fsp3) is 0.913. The Morgan fingerprint density at radius 3 is 2.67 bits per heavy atom. The molecule has 8 atom stereocenters. The molecular weight excluding hydrogens is 292 g/mol. The van der Waals surface area contributed by atoms with Crippen molar-refractivity contribution in [1.29, 1.82) is 0 Å². The molecule has 0 amide bonds. The highest BCUT2D eigenvalue weighted by atomic mass is 16.3. The monoisotopic (exact) mass is 330 g/mol. The second-order valence-electron chi connectivity index (χ2n) is 10.3. The van der Waals surface area contributed by atoms with Gasteiger partial charge in [-0.2, -0.15) is 0 Å². The second-order valence-corrected chi connectivity index (χ2v) is 10.3. The first-order valence-electron chi connectivity index (χ1n) is 10.8. The molecule has 136 valence electrons. The first-order chi connectivity index (χ1) is 11.4.